The van der Waals surface area contributed by atoms with E-state index in [1.165, 1.54) is 0 Å². The average molecular weight is 438 g/mol. The van der Waals surface area contributed by atoms with Gasteiger partial charge >= 0.3 is 6.03 Å². The Labute approximate surface area is 186 Å². The lowest BCUT2D eigenvalue weighted by Crippen LogP contribution is -2.61. The number of nitrogens with zero attached hydrogens (tertiary/aromatic N) is 3. The molecule has 1 saturated carbocycles. The number of ether oxygens (including phenoxy) is 1. The molecule has 2 fully saturated rings. The average Bonchev–Trinajstić information content (AvgIpc) is 3.29. The first-order chi connectivity index (χ1) is 15.5. The Morgan fingerprint density at radius 1 is 1.16 bits per heavy atom. The van der Waals surface area contributed by atoms with Crippen LogP contribution in [0.1, 0.15) is 43.8 Å². The first kappa shape index (κ1) is 20.8. The van der Waals surface area contributed by atoms with Gasteiger partial charge in [0, 0.05) is 44.0 Å². The molecule has 4 amide bonds. The lowest BCUT2D eigenvalue weighted by atomic mass is 9.71. The smallest absolute Gasteiger partial charge is 0.322 e. The molecule has 3 heterocycles. The second kappa shape index (κ2) is 8.12. The third-order valence-corrected chi connectivity index (χ3v) is 7.30. The molecule has 2 atom stereocenters. The summed E-state index contributed by atoms with van der Waals surface area (Å²) in [6.07, 6.45) is 11.0. The van der Waals surface area contributed by atoms with Crippen molar-refractivity contribution in [2.75, 3.05) is 20.2 Å². The lowest BCUT2D eigenvalue weighted by molar-refractivity contribution is -0.131. The molecule has 1 aromatic heterocycles. The summed E-state index contributed by atoms with van der Waals surface area (Å²) in [4.78, 5) is 48.9. The van der Waals surface area contributed by atoms with Crippen LogP contribution < -0.4 is 10.6 Å². The molecular formula is C23H27N5O4. The summed E-state index contributed by atoms with van der Waals surface area (Å²) < 4.78 is 5.39. The predicted molar refractivity (Wildman–Crippen MR) is 114 cm³/mol. The van der Waals surface area contributed by atoms with Gasteiger partial charge in [-0.15, -0.1) is 0 Å². The topological polar surface area (TPSA) is 114 Å². The minimum absolute atomic E-state index is 0.0680. The first-order valence-corrected chi connectivity index (χ1v) is 11.1. The van der Waals surface area contributed by atoms with Crippen molar-refractivity contribution < 1.29 is 19.1 Å². The van der Waals surface area contributed by atoms with Gasteiger partial charge in [-0.2, -0.15) is 0 Å². The number of hydrogen-bond donors (Lipinski definition) is 2. The van der Waals surface area contributed by atoms with E-state index < -0.39 is 11.6 Å². The Morgan fingerprint density at radius 3 is 2.56 bits per heavy atom. The van der Waals surface area contributed by atoms with E-state index in [0.717, 1.165) is 42.7 Å². The fraction of sp³-hybridized carbons (Fsp3) is 0.522. The van der Waals surface area contributed by atoms with Gasteiger partial charge in [-0.1, -0.05) is 12.2 Å². The largest absolute Gasteiger partial charge is 0.377 e. The maximum atomic E-state index is 13.2. The summed E-state index contributed by atoms with van der Waals surface area (Å²) in [5.41, 5.74) is 0.589. The third kappa shape index (κ3) is 3.50. The van der Waals surface area contributed by atoms with Gasteiger partial charge in [-0.25, -0.2) is 14.8 Å². The van der Waals surface area contributed by atoms with E-state index >= 15 is 0 Å². The number of imide groups is 1. The number of carbonyl (C=O) groups is 3. The van der Waals surface area contributed by atoms with Crippen LogP contribution in [-0.4, -0.2) is 64.6 Å². The Kier molecular flexibility index (Phi) is 5.28. The van der Waals surface area contributed by atoms with E-state index in [9.17, 15) is 14.4 Å². The van der Waals surface area contributed by atoms with Crippen LogP contribution in [0.4, 0.5) is 4.79 Å². The molecule has 1 aromatic rings. The summed E-state index contributed by atoms with van der Waals surface area (Å²) in [5.74, 6) is 0.576. The second-order valence-electron chi connectivity index (χ2n) is 9.04. The van der Waals surface area contributed by atoms with E-state index in [4.69, 9.17) is 4.74 Å². The van der Waals surface area contributed by atoms with Crippen LogP contribution in [0.25, 0.3) is 0 Å². The van der Waals surface area contributed by atoms with Crippen molar-refractivity contribution in [2.24, 2.45) is 5.92 Å². The van der Waals surface area contributed by atoms with E-state index in [-0.39, 0.29) is 36.3 Å². The number of hydrogen-bond acceptors (Lipinski definition) is 6. The molecule has 2 aliphatic heterocycles. The summed E-state index contributed by atoms with van der Waals surface area (Å²) in [6, 6.07) is 1.31. The minimum Gasteiger partial charge on any atom is -0.377 e. The predicted octanol–water partition coefficient (Wildman–Crippen LogP) is 1.44. The molecule has 0 bridgehead atoms. The van der Waals surface area contributed by atoms with Crippen molar-refractivity contribution in [3.8, 4) is 0 Å². The van der Waals surface area contributed by atoms with Gasteiger partial charge < -0.3 is 15.0 Å². The number of rotatable bonds is 5. The molecule has 0 aromatic carbocycles. The van der Waals surface area contributed by atoms with Gasteiger partial charge in [-0.05, 0) is 43.2 Å². The zero-order valence-electron chi connectivity index (χ0n) is 18.0. The van der Waals surface area contributed by atoms with Crippen LogP contribution in [-0.2, 0) is 14.3 Å². The number of carbonyl (C=O) groups excluding carboxylic acids is 3. The molecular weight excluding hydrogens is 410 g/mol. The second-order valence-corrected chi connectivity index (χ2v) is 9.04. The molecule has 0 spiro atoms. The van der Waals surface area contributed by atoms with E-state index in [1.807, 2.05) is 12.2 Å². The molecule has 1 saturated heterocycles. The summed E-state index contributed by atoms with van der Waals surface area (Å²) in [7, 11) is 1.63. The van der Waals surface area contributed by atoms with E-state index in [2.05, 4.69) is 20.6 Å². The molecule has 9 nitrogen and oxygen atoms in total. The maximum Gasteiger partial charge on any atom is 0.322 e. The van der Waals surface area contributed by atoms with Gasteiger partial charge in [0.2, 0.25) is 0 Å². The highest BCUT2D eigenvalue weighted by atomic mass is 16.5. The van der Waals surface area contributed by atoms with Crippen LogP contribution in [0.15, 0.2) is 41.8 Å². The normalized spacial score (nSPS) is 32.2. The summed E-state index contributed by atoms with van der Waals surface area (Å²) in [5, 5.41) is 5.32. The number of methoxy groups -OCH3 is 1. The van der Waals surface area contributed by atoms with Crippen molar-refractivity contribution in [2.45, 2.75) is 49.7 Å². The Hall–Kier alpha value is -3.07. The quantitative estimate of drug-likeness (QED) is 0.674. The Bertz CT molecular complexity index is 999. The van der Waals surface area contributed by atoms with Gasteiger partial charge in [0.1, 0.15) is 11.4 Å². The van der Waals surface area contributed by atoms with E-state index in [0.29, 0.717) is 13.0 Å². The molecule has 2 N–H and O–H groups in total. The fourth-order valence-corrected chi connectivity index (χ4v) is 5.56. The van der Waals surface area contributed by atoms with Crippen LogP contribution in [0.5, 0.6) is 0 Å². The van der Waals surface area contributed by atoms with Crippen LogP contribution in [0.3, 0.4) is 0 Å². The SMILES string of the molecule is COC1C=CC2=C(C1)C(=O)N(C[C@@]1(C3CCC(c4ncccn4)CC3)NC(=O)NC1=O)C2. The van der Waals surface area contributed by atoms with Crippen LogP contribution >= 0.6 is 0 Å². The van der Waals surface area contributed by atoms with E-state index in [1.54, 1.807) is 30.5 Å². The monoisotopic (exact) mass is 437 g/mol. The molecule has 32 heavy (non-hydrogen) atoms. The zero-order valence-corrected chi connectivity index (χ0v) is 18.0. The van der Waals surface area contributed by atoms with Crippen LogP contribution in [0, 0.1) is 5.92 Å². The highest BCUT2D eigenvalue weighted by Crippen LogP contribution is 2.41. The number of aromatic nitrogens is 2. The zero-order chi connectivity index (χ0) is 22.3. The first-order valence-electron chi connectivity index (χ1n) is 11.1. The van der Waals surface area contributed by atoms with Crippen molar-refractivity contribution in [3.05, 3.63) is 47.6 Å². The molecule has 4 aliphatic rings. The molecule has 168 valence electrons. The maximum absolute atomic E-state index is 13.2. The van der Waals surface area contributed by atoms with Crippen molar-refractivity contribution in [1.29, 1.82) is 0 Å². The fourth-order valence-electron chi connectivity index (χ4n) is 5.56. The van der Waals surface area contributed by atoms with Gasteiger partial charge in [0.05, 0.1) is 12.6 Å². The summed E-state index contributed by atoms with van der Waals surface area (Å²) >= 11 is 0. The van der Waals surface area contributed by atoms with Crippen molar-refractivity contribution in [1.82, 2.24) is 25.5 Å². The Morgan fingerprint density at radius 2 is 1.91 bits per heavy atom. The van der Waals surface area contributed by atoms with Gasteiger partial charge in [0.15, 0.2) is 0 Å². The number of urea groups is 1. The molecule has 1 unspecified atom stereocenters. The molecule has 2 aliphatic carbocycles. The molecule has 9 heteroatoms. The third-order valence-electron chi connectivity index (χ3n) is 7.30. The van der Waals surface area contributed by atoms with Crippen molar-refractivity contribution >= 4 is 17.8 Å². The highest BCUT2D eigenvalue weighted by Gasteiger charge is 2.54. The molecule has 5 rings (SSSR count). The summed E-state index contributed by atoms with van der Waals surface area (Å²) in [6.45, 7) is 0.609. The van der Waals surface area contributed by atoms with Gasteiger partial charge in [-0.3, -0.25) is 14.9 Å². The number of nitrogens with one attached hydrogen (secondary N) is 2. The van der Waals surface area contributed by atoms with Gasteiger partial charge in [0.25, 0.3) is 11.8 Å². The standard InChI is InChI=1S/C23H27N5O4/c1-32-17-8-5-15-12-28(20(29)18(15)11-17)13-23(21(30)26-22(31)27-23)16-6-3-14(4-7-16)19-24-9-2-10-25-19/h2,5,8-10,14,16-17H,3-4,6-7,11-13H2,1H3,(H2,26,27,30,31)/t14?,16?,17?,23-/m0/s1. The highest BCUT2D eigenvalue weighted by molar-refractivity contribution is 6.08. The molecule has 0 radical (unpaired) electrons. The Balaban J connectivity index is 1.33. The minimum atomic E-state index is -1.12. The van der Waals surface area contributed by atoms with Crippen molar-refractivity contribution in [3.63, 3.8) is 0 Å². The number of amides is 4. The lowest BCUT2D eigenvalue weighted by Gasteiger charge is -2.41. The van der Waals surface area contributed by atoms with Crippen LogP contribution in [0.2, 0.25) is 0 Å².